The maximum Gasteiger partial charge on any atom is 0.250 e. The highest BCUT2D eigenvalue weighted by molar-refractivity contribution is 7.99. The van der Waals surface area contributed by atoms with Crippen LogP contribution in [0.5, 0.6) is 0 Å². The molecule has 0 spiro atoms. The fourth-order valence-electron chi connectivity index (χ4n) is 1.14. The lowest BCUT2D eigenvalue weighted by atomic mass is 10.1. The zero-order valence-corrected chi connectivity index (χ0v) is 9.39. The van der Waals surface area contributed by atoms with Gasteiger partial charge in [-0.05, 0) is 18.6 Å². The van der Waals surface area contributed by atoms with Crippen LogP contribution in [-0.2, 0) is 0 Å². The van der Waals surface area contributed by atoms with E-state index in [4.69, 9.17) is 16.6 Å². The number of hydrogen-bond acceptors (Lipinski definition) is 4. The van der Waals surface area contributed by atoms with Crippen molar-refractivity contribution in [1.29, 1.82) is 0 Å². The Morgan fingerprint density at radius 1 is 1.50 bits per heavy atom. The summed E-state index contributed by atoms with van der Waals surface area (Å²) in [6.45, 7) is 0.0479. The highest BCUT2D eigenvalue weighted by Crippen LogP contribution is 2.26. The van der Waals surface area contributed by atoms with E-state index in [1.165, 1.54) is 17.8 Å². The Morgan fingerprint density at radius 3 is 2.75 bits per heavy atom. The molecule has 0 saturated carbocycles. The van der Waals surface area contributed by atoms with Crippen molar-refractivity contribution in [2.45, 2.75) is 11.3 Å². The number of benzene rings is 1. The standard InChI is InChI=1S/C10H13FN2O2S/c11-7-5-8(12)6(10(13)15)4-9(7)16-3-1-2-14/h4-5,14H,1-3,12H2,(H2,13,15). The number of primary amides is 1. The van der Waals surface area contributed by atoms with Crippen LogP contribution in [0, 0.1) is 5.82 Å². The van der Waals surface area contributed by atoms with Gasteiger partial charge in [0.25, 0.3) is 5.91 Å². The first-order chi connectivity index (χ1) is 7.56. The minimum atomic E-state index is -0.679. The summed E-state index contributed by atoms with van der Waals surface area (Å²) in [4.78, 5) is 11.3. The molecule has 1 aromatic carbocycles. The monoisotopic (exact) mass is 244 g/mol. The van der Waals surface area contributed by atoms with E-state index in [2.05, 4.69) is 0 Å². The molecule has 0 aliphatic rings. The first-order valence-corrected chi connectivity index (χ1v) is 5.67. The van der Waals surface area contributed by atoms with Gasteiger partial charge < -0.3 is 16.6 Å². The van der Waals surface area contributed by atoms with Crippen molar-refractivity contribution in [3.8, 4) is 0 Å². The zero-order chi connectivity index (χ0) is 12.1. The van der Waals surface area contributed by atoms with E-state index >= 15 is 0 Å². The second kappa shape index (κ2) is 5.72. The Labute approximate surface area is 96.8 Å². The third kappa shape index (κ3) is 3.11. The van der Waals surface area contributed by atoms with Crippen LogP contribution >= 0.6 is 11.8 Å². The van der Waals surface area contributed by atoms with Gasteiger partial charge in [0.2, 0.25) is 0 Å². The quantitative estimate of drug-likeness (QED) is 0.409. The molecule has 0 aromatic heterocycles. The van der Waals surface area contributed by atoms with Gasteiger partial charge in [-0.1, -0.05) is 0 Å². The molecule has 0 fully saturated rings. The number of anilines is 1. The average Bonchev–Trinajstić information content (AvgIpc) is 2.21. The van der Waals surface area contributed by atoms with Gasteiger partial charge in [-0.15, -0.1) is 11.8 Å². The van der Waals surface area contributed by atoms with Crippen LogP contribution in [0.25, 0.3) is 0 Å². The molecule has 4 nitrogen and oxygen atoms in total. The summed E-state index contributed by atoms with van der Waals surface area (Å²) < 4.78 is 13.4. The third-order valence-corrected chi connectivity index (χ3v) is 3.05. The summed E-state index contributed by atoms with van der Waals surface area (Å²) in [7, 11) is 0. The molecule has 1 aromatic rings. The Kier molecular flexibility index (Phi) is 4.57. The van der Waals surface area contributed by atoms with E-state index in [1.807, 2.05) is 0 Å². The lowest BCUT2D eigenvalue weighted by molar-refractivity contribution is 0.100. The van der Waals surface area contributed by atoms with E-state index in [0.717, 1.165) is 6.07 Å². The number of hydrogen-bond donors (Lipinski definition) is 3. The molecule has 0 unspecified atom stereocenters. The third-order valence-electron chi connectivity index (χ3n) is 1.93. The smallest absolute Gasteiger partial charge is 0.250 e. The first-order valence-electron chi connectivity index (χ1n) is 4.68. The number of nitrogens with two attached hydrogens (primary N) is 2. The van der Waals surface area contributed by atoms with Gasteiger partial charge in [0, 0.05) is 22.9 Å². The number of aliphatic hydroxyl groups excluding tert-OH is 1. The Hall–Kier alpha value is -1.27. The number of rotatable bonds is 5. The molecule has 0 bridgehead atoms. The number of nitrogen functional groups attached to an aromatic ring is 1. The summed E-state index contributed by atoms with van der Waals surface area (Å²) in [6.07, 6.45) is 0.556. The minimum absolute atomic E-state index is 0.0384. The van der Waals surface area contributed by atoms with Crippen LogP contribution in [0.2, 0.25) is 0 Å². The van der Waals surface area contributed by atoms with Gasteiger partial charge in [-0.25, -0.2) is 4.39 Å². The van der Waals surface area contributed by atoms with Crippen molar-refractivity contribution in [2.75, 3.05) is 18.1 Å². The second-order valence-electron chi connectivity index (χ2n) is 3.16. The lowest BCUT2D eigenvalue weighted by Gasteiger charge is -2.07. The number of aliphatic hydroxyl groups is 1. The van der Waals surface area contributed by atoms with Crippen molar-refractivity contribution >= 4 is 23.4 Å². The van der Waals surface area contributed by atoms with Crippen LogP contribution in [0.3, 0.4) is 0 Å². The molecule has 6 heteroatoms. The maximum atomic E-state index is 13.4. The molecule has 0 aliphatic carbocycles. The van der Waals surface area contributed by atoms with Gasteiger partial charge in [-0.2, -0.15) is 0 Å². The molecule has 5 N–H and O–H groups in total. The minimum Gasteiger partial charge on any atom is -0.398 e. The summed E-state index contributed by atoms with van der Waals surface area (Å²) >= 11 is 1.21. The van der Waals surface area contributed by atoms with Crippen molar-refractivity contribution < 1.29 is 14.3 Å². The average molecular weight is 244 g/mol. The molecular weight excluding hydrogens is 231 g/mol. The van der Waals surface area contributed by atoms with Crippen LogP contribution in [0.4, 0.5) is 10.1 Å². The molecule has 0 aliphatic heterocycles. The van der Waals surface area contributed by atoms with Crippen molar-refractivity contribution in [2.24, 2.45) is 5.73 Å². The molecule has 1 amide bonds. The Morgan fingerprint density at radius 2 is 2.19 bits per heavy atom. The molecule has 0 radical (unpaired) electrons. The number of carbonyl (C=O) groups is 1. The van der Waals surface area contributed by atoms with Crippen LogP contribution in [0.1, 0.15) is 16.8 Å². The predicted octanol–water partition coefficient (Wildman–Crippen LogP) is 0.981. The van der Waals surface area contributed by atoms with E-state index in [1.54, 1.807) is 0 Å². The number of amides is 1. The normalized spacial score (nSPS) is 10.4. The van der Waals surface area contributed by atoms with Crippen molar-refractivity contribution in [3.63, 3.8) is 0 Å². The molecule has 88 valence electrons. The van der Waals surface area contributed by atoms with Crippen molar-refractivity contribution in [1.82, 2.24) is 0 Å². The van der Waals surface area contributed by atoms with Gasteiger partial charge in [0.1, 0.15) is 5.82 Å². The first kappa shape index (κ1) is 12.8. The topological polar surface area (TPSA) is 89.3 Å². The molecule has 16 heavy (non-hydrogen) atoms. The lowest BCUT2D eigenvalue weighted by Crippen LogP contribution is -2.14. The van der Waals surface area contributed by atoms with E-state index in [-0.39, 0.29) is 17.9 Å². The maximum absolute atomic E-state index is 13.4. The number of halogens is 1. The highest BCUT2D eigenvalue weighted by Gasteiger charge is 2.11. The highest BCUT2D eigenvalue weighted by atomic mass is 32.2. The number of carbonyl (C=O) groups excluding carboxylic acids is 1. The number of thioether (sulfide) groups is 1. The van der Waals surface area contributed by atoms with E-state index in [9.17, 15) is 9.18 Å². The fourth-order valence-corrected chi connectivity index (χ4v) is 2.03. The van der Waals surface area contributed by atoms with E-state index in [0.29, 0.717) is 17.1 Å². The van der Waals surface area contributed by atoms with Gasteiger partial charge >= 0.3 is 0 Å². The Bertz CT molecular complexity index is 399. The summed E-state index contributed by atoms with van der Waals surface area (Å²) in [5.41, 5.74) is 10.7. The largest absolute Gasteiger partial charge is 0.398 e. The molecule has 0 atom stereocenters. The molecule has 1 rings (SSSR count). The van der Waals surface area contributed by atoms with Crippen LogP contribution in [-0.4, -0.2) is 23.4 Å². The molecule has 0 heterocycles. The SMILES string of the molecule is NC(=O)c1cc(SCCCO)c(F)cc1N. The predicted molar refractivity (Wildman–Crippen MR) is 61.8 cm³/mol. The van der Waals surface area contributed by atoms with Gasteiger partial charge in [0.15, 0.2) is 0 Å². The second-order valence-corrected chi connectivity index (χ2v) is 4.30. The summed E-state index contributed by atoms with van der Waals surface area (Å²) in [5, 5.41) is 8.60. The zero-order valence-electron chi connectivity index (χ0n) is 8.57. The van der Waals surface area contributed by atoms with Crippen molar-refractivity contribution in [3.05, 3.63) is 23.5 Å². The van der Waals surface area contributed by atoms with Crippen LogP contribution < -0.4 is 11.5 Å². The Balaban J connectivity index is 2.91. The van der Waals surface area contributed by atoms with Gasteiger partial charge in [0.05, 0.1) is 5.56 Å². The fraction of sp³-hybridized carbons (Fsp3) is 0.300. The van der Waals surface area contributed by atoms with E-state index < -0.39 is 11.7 Å². The van der Waals surface area contributed by atoms with Gasteiger partial charge in [-0.3, -0.25) is 4.79 Å². The molecule has 0 saturated heterocycles. The van der Waals surface area contributed by atoms with Crippen LogP contribution in [0.15, 0.2) is 17.0 Å². The summed E-state index contributed by atoms with van der Waals surface area (Å²) in [5.74, 6) is -0.595. The molecular formula is C10H13FN2O2S. The summed E-state index contributed by atoms with van der Waals surface area (Å²) in [6, 6.07) is 2.43.